The summed E-state index contributed by atoms with van der Waals surface area (Å²) in [6.45, 7) is 4.46. The molecule has 0 bridgehead atoms. The van der Waals surface area contributed by atoms with E-state index in [0.717, 1.165) is 21.5 Å². The number of anilines is 1. The molecule has 2 aromatic carbocycles. The van der Waals surface area contributed by atoms with Gasteiger partial charge >= 0.3 is 0 Å². The van der Waals surface area contributed by atoms with Gasteiger partial charge in [-0.3, -0.25) is 14.7 Å². The zero-order valence-corrected chi connectivity index (χ0v) is 17.4. The number of benzene rings is 2. The molecule has 2 aromatic heterocycles. The lowest BCUT2D eigenvalue weighted by Crippen LogP contribution is -2.30. The number of nitrogens with zero attached hydrogens (tertiary/aromatic N) is 3. The lowest BCUT2D eigenvalue weighted by atomic mass is 10.1. The third-order valence-electron chi connectivity index (χ3n) is 4.66. The van der Waals surface area contributed by atoms with Gasteiger partial charge in [0.2, 0.25) is 0 Å². The van der Waals surface area contributed by atoms with Crippen LogP contribution in [0.5, 0.6) is 5.75 Å². The van der Waals surface area contributed by atoms with E-state index in [1.165, 1.54) is 16.9 Å². The number of hydrogen-bond acceptors (Lipinski definition) is 5. The summed E-state index contributed by atoms with van der Waals surface area (Å²) in [6, 6.07) is 17.1. The number of methoxy groups -OCH3 is 1. The Morgan fingerprint density at radius 3 is 2.72 bits per heavy atom. The molecule has 5 nitrogen and oxygen atoms in total. The second-order valence-electron chi connectivity index (χ2n) is 6.87. The van der Waals surface area contributed by atoms with Crippen LogP contribution in [0.4, 0.5) is 5.13 Å². The third kappa shape index (κ3) is 3.98. The zero-order chi connectivity index (χ0) is 20.4. The minimum atomic E-state index is -0.136. The molecule has 0 aliphatic rings. The highest BCUT2D eigenvalue weighted by Crippen LogP contribution is 2.33. The Morgan fingerprint density at radius 1 is 1.10 bits per heavy atom. The number of fused-ring (bicyclic) bond motifs is 1. The molecule has 29 heavy (non-hydrogen) atoms. The van der Waals surface area contributed by atoms with E-state index in [9.17, 15) is 4.79 Å². The molecule has 1 amide bonds. The quantitative estimate of drug-likeness (QED) is 0.462. The molecular formula is C23H21N3O2S. The van der Waals surface area contributed by atoms with E-state index in [-0.39, 0.29) is 5.91 Å². The SMILES string of the molecule is COc1cccc(C(=O)N(Cc2ccccn2)c2nc3c(C)cc(C)cc3s2)c1. The van der Waals surface area contributed by atoms with E-state index in [1.54, 1.807) is 30.3 Å². The molecule has 0 fully saturated rings. The minimum Gasteiger partial charge on any atom is -0.497 e. The molecule has 0 atom stereocenters. The highest BCUT2D eigenvalue weighted by Gasteiger charge is 2.23. The van der Waals surface area contributed by atoms with Gasteiger partial charge in [0.1, 0.15) is 5.75 Å². The molecule has 0 aliphatic heterocycles. The molecule has 6 heteroatoms. The summed E-state index contributed by atoms with van der Waals surface area (Å²) in [5.41, 5.74) is 4.57. The Hall–Kier alpha value is -3.25. The van der Waals surface area contributed by atoms with Crippen molar-refractivity contribution in [2.75, 3.05) is 12.0 Å². The third-order valence-corrected chi connectivity index (χ3v) is 5.68. The second kappa shape index (κ2) is 8.01. The molecule has 146 valence electrons. The van der Waals surface area contributed by atoms with Crippen molar-refractivity contribution >= 4 is 32.6 Å². The van der Waals surface area contributed by atoms with Crippen molar-refractivity contribution in [3.63, 3.8) is 0 Å². The van der Waals surface area contributed by atoms with E-state index >= 15 is 0 Å². The van der Waals surface area contributed by atoms with Gasteiger partial charge in [-0.2, -0.15) is 0 Å². The monoisotopic (exact) mass is 403 g/mol. The van der Waals surface area contributed by atoms with Crippen LogP contribution in [0, 0.1) is 13.8 Å². The molecule has 0 N–H and O–H groups in total. The number of carbonyl (C=O) groups excluding carboxylic acids is 1. The van der Waals surface area contributed by atoms with Gasteiger partial charge in [0.15, 0.2) is 5.13 Å². The Morgan fingerprint density at radius 2 is 1.97 bits per heavy atom. The van der Waals surface area contributed by atoms with Crippen molar-refractivity contribution < 1.29 is 9.53 Å². The summed E-state index contributed by atoms with van der Waals surface area (Å²) in [5, 5.41) is 0.659. The van der Waals surface area contributed by atoms with Crippen molar-refractivity contribution in [2.24, 2.45) is 0 Å². The molecule has 0 saturated carbocycles. The number of pyridine rings is 1. The lowest BCUT2D eigenvalue weighted by molar-refractivity contribution is 0.0984. The number of carbonyl (C=O) groups is 1. The Bertz CT molecular complexity index is 1170. The lowest BCUT2D eigenvalue weighted by Gasteiger charge is -2.20. The van der Waals surface area contributed by atoms with Gasteiger partial charge in [0.25, 0.3) is 5.91 Å². The van der Waals surface area contributed by atoms with E-state index in [2.05, 4.69) is 24.0 Å². The number of aromatic nitrogens is 2. The van der Waals surface area contributed by atoms with Crippen molar-refractivity contribution in [3.8, 4) is 5.75 Å². The molecule has 4 aromatic rings. The van der Waals surface area contributed by atoms with Crippen molar-refractivity contribution in [2.45, 2.75) is 20.4 Å². The average molecular weight is 404 g/mol. The number of aryl methyl sites for hydroxylation is 2. The molecule has 0 saturated heterocycles. The Kier molecular flexibility index (Phi) is 5.27. The first-order valence-corrected chi connectivity index (χ1v) is 10.1. The summed E-state index contributed by atoms with van der Waals surface area (Å²) in [4.78, 5) is 24.3. The van der Waals surface area contributed by atoms with Gasteiger partial charge < -0.3 is 4.74 Å². The molecule has 0 unspecified atom stereocenters. The normalized spacial score (nSPS) is 10.9. The first-order valence-electron chi connectivity index (χ1n) is 9.29. The van der Waals surface area contributed by atoms with E-state index in [0.29, 0.717) is 23.0 Å². The fourth-order valence-electron chi connectivity index (χ4n) is 3.27. The number of hydrogen-bond donors (Lipinski definition) is 0. The number of rotatable bonds is 5. The predicted molar refractivity (Wildman–Crippen MR) is 117 cm³/mol. The highest BCUT2D eigenvalue weighted by molar-refractivity contribution is 7.22. The van der Waals surface area contributed by atoms with Gasteiger partial charge in [-0.15, -0.1) is 0 Å². The van der Waals surface area contributed by atoms with Gasteiger partial charge in [-0.05, 0) is 61.4 Å². The first kappa shape index (κ1) is 19.1. The summed E-state index contributed by atoms with van der Waals surface area (Å²) in [6.07, 6.45) is 1.73. The van der Waals surface area contributed by atoms with Crippen LogP contribution < -0.4 is 9.64 Å². The zero-order valence-electron chi connectivity index (χ0n) is 16.5. The van der Waals surface area contributed by atoms with Crippen LogP contribution in [0.1, 0.15) is 27.2 Å². The van der Waals surface area contributed by atoms with Crippen molar-refractivity contribution in [1.82, 2.24) is 9.97 Å². The van der Waals surface area contributed by atoms with E-state index < -0.39 is 0 Å². The largest absolute Gasteiger partial charge is 0.497 e. The molecular weight excluding hydrogens is 382 g/mol. The number of ether oxygens (including phenoxy) is 1. The fraction of sp³-hybridized carbons (Fsp3) is 0.174. The molecule has 4 rings (SSSR count). The molecule has 2 heterocycles. The van der Waals surface area contributed by atoms with Gasteiger partial charge in [0, 0.05) is 11.8 Å². The summed E-state index contributed by atoms with van der Waals surface area (Å²) in [7, 11) is 1.59. The van der Waals surface area contributed by atoms with Crippen molar-refractivity contribution in [1.29, 1.82) is 0 Å². The second-order valence-corrected chi connectivity index (χ2v) is 7.88. The standard InChI is InChI=1S/C23H21N3O2S/c1-15-11-16(2)21-20(12-15)29-23(25-21)26(14-18-8-4-5-10-24-18)22(27)17-7-6-9-19(13-17)28-3/h4-13H,14H2,1-3H3. The van der Waals surface area contributed by atoms with Gasteiger partial charge in [0.05, 0.1) is 29.6 Å². The van der Waals surface area contributed by atoms with E-state index in [4.69, 9.17) is 9.72 Å². The topological polar surface area (TPSA) is 55.3 Å². The van der Waals surface area contributed by atoms with Crippen molar-refractivity contribution in [3.05, 3.63) is 83.2 Å². The number of thiazole rings is 1. The van der Waals surface area contributed by atoms with Crippen LogP contribution >= 0.6 is 11.3 Å². The smallest absolute Gasteiger partial charge is 0.260 e. The average Bonchev–Trinajstić information content (AvgIpc) is 3.16. The molecule has 0 spiro atoms. The number of amides is 1. The Labute approximate surface area is 173 Å². The first-order chi connectivity index (χ1) is 14.0. The van der Waals surface area contributed by atoms with Crippen LogP contribution in [0.25, 0.3) is 10.2 Å². The summed E-state index contributed by atoms with van der Waals surface area (Å²) < 4.78 is 6.36. The maximum atomic E-state index is 13.5. The predicted octanol–water partition coefficient (Wildman–Crippen LogP) is 5.16. The van der Waals surface area contributed by atoms with Crippen LogP contribution in [-0.4, -0.2) is 23.0 Å². The maximum absolute atomic E-state index is 13.5. The Balaban J connectivity index is 1.79. The van der Waals surface area contributed by atoms with Crippen LogP contribution in [-0.2, 0) is 6.54 Å². The fourth-order valence-corrected chi connectivity index (χ4v) is 4.41. The maximum Gasteiger partial charge on any atom is 0.260 e. The van der Waals surface area contributed by atoms with Crippen LogP contribution in [0.3, 0.4) is 0 Å². The molecule has 0 aliphatic carbocycles. The summed E-state index contributed by atoms with van der Waals surface area (Å²) >= 11 is 1.52. The van der Waals surface area contributed by atoms with Gasteiger partial charge in [-0.25, -0.2) is 4.98 Å². The molecule has 0 radical (unpaired) electrons. The highest BCUT2D eigenvalue weighted by atomic mass is 32.1. The van der Waals surface area contributed by atoms with Crippen LogP contribution in [0.15, 0.2) is 60.8 Å². The van der Waals surface area contributed by atoms with Crippen LogP contribution in [0.2, 0.25) is 0 Å². The van der Waals surface area contributed by atoms with E-state index in [1.807, 2.05) is 37.3 Å². The van der Waals surface area contributed by atoms with Gasteiger partial charge in [-0.1, -0.05) is 29.5 Å². The minimum absolute atomic E-state index is 0.136. The summed E-state index contributed by atoms with van der Waals surface area (Å²) in [5.74, 6) is 0.507.